The molecule has 0 heterocycles. The molecule has 0 aromatic rings. The molecule has 0 nitrogen and oxygen atoms in total. The molecule has 0 aromatic carbocycles. The lowest BCUT2D eigenvalue weighted by molar-refractivity contribution is -0.544. The summed E-state index contributed by atoms with van der Waals surface area (Å²) in [5, 5.41) is 0. The Bertz CT molecular complexity index is 419. The van der Waals surface area contributed by atoms with E-state index in [0.29, 0.717) is 0 Å². The molecule has 3 aliphatic rings. The maximum atomic E-state index is 13.5. The van der Waals surface area contributed by atoms with Crippen molar-refractivity contribution in [3.8, 4) is 0 Å². The number of halogens is 13. The van der Waals surface area contributed by atoms with E-state index in [1.807, 2.05) is 0 Å². The van der Waals surface area contributed by atoms with Gasteiger partial charge in [0.1, 0.15) is 0 Å². The Kier molecular flexibility index (Phi) is 2.52. The van der Waals surface area contributed by atoms with Gasteiger partial charge in [0.25, 0.3) is 0 Å². The molecule has 0 saturated heterocycles. The normalized spacial score (nSPS) is 43.6. The lowest BCUT2D eigenvalue weighted by atomic mass is 9.55. The average Bonchev–Trinajstić information content (AvgIpc) is 2.22. The summed E-state index contributed by atoms with van der Waals surface area (Å²) in [6, 6.07) is 0. The molecule has 0 N–H and O–H groups in total. The van der Waals surface area contributed by atoms with Gasteiger partial charge in [0.2, 0.25) is 0 Å². The average molecular weight is 344 g/mol. The Hall–Kier alpha value is -0.910. The van der Waals surface area contributed by atoms with Gasteiger partial charge in [-0.1, -0.05) is 0 Å². The molecule has 3 fully saturated rings. The van der Waals surface area contributed by atoms with Gasteiger partial charge < -0.3 is 0 Å². The fraction of sp³-hybridized carbons (Fsp3) is 1.00. The topological polar surface area (TPSA) is 0 Å². The van der Waals surface area contributed by atoms with Crippen LogP contribution in [0.2, 0.25) is 0 Å². The summed E-state index contributed by atoms with van der Waals surface area (Å²) in [4.78, 5) is 0. The van der Waals surface area contributed by atoms with Crippen LogP contribution in [0.1, 0.15) is 0 Å². The molecule has 0 spiro atoms. The van der Waals surface area contributed by atoms with Crippen molar-refractivity contribution < 1.29 is 57.1 Å². The Balaban J connectivity index is 2.99. The molecular formula is C8HF13. The molecule has 3 saturated carbocycles. The van der Waals surface area contributed by atoms with E-state index >= 15 is 0 Å². The zero-order valence-corrected chi connectivity index (χ0v) is 8.99. The monoisotopic (exact) mass is 344 g/mol. The van der Waals surface area contributed by atoms with Crippen LogP contribution < -0.4 is 0 Å². The Morgan fingerprint density at radius 2 is 0.571 bits per heavy atom. The minimum atomic E-state index is -7.47. The van der Waals surface area contributed by atoms with E-state index < -0.39 is 47.1 Å². The van der Waals surface area contributed by atoms with Crippen molar-refractivity contribution in [3.05, 3.63) is 0 Å². The number of rotatable bonds is 0. The van der Waals surface area contributed by atoms with Crippen LogP contribution in [0.15, 0.2) is 0 Å². The molecular weight excluding hydrogens is 343 g/mol. The van der Waals surface area contributed by atoms with Crippen molar-refractivity contribution in [1.29, 1.82) is 0 Å². The molecule has 0 amide bonds. The highest BCUT2D eigenvalue weighted by atomic mass is 19.4. The van der Waals surface area contributed by atoms with Crippen LogP contribution in [0.4, 0.5) is 57.1 Å². The summed E-state index contributed by atoms with van der Waals surface area (Å²) in [6.07, 6.45) is 0. The maximum absolute atomic E-state index is 13.5. The first-order valence-corrected chi connectivity index (χ1v) is 4.82. The summed E-state index contributed by atoms with van der Waals surface area (Å²) in [7, 11) is 0. The first-order valence-electron chi connectivity index (χ1n) is 4.82. The highest BCUT2D eigenvalue weighted by Crippen LogP contribution is 2.79. The van der Waals surface area contributed by atoms with Crippen molar-refractivity contribution in [2.45, 2.75) is 41.2 Å². The summed E-state index contributed by atoms with van der Waals surface area (Å²) >= 11 is 0. The number of fused-ring (bicyclic) bond motifs is 3. The molecule has 13 heteroatoms. The predicted octanol–water partition coefficient (Wildman–Crippen LogP) is 4.15. The molecule has 0 aromatic heterocycles. The van der Waals surface area contributed by atoms with Gasteiger partial charge in [-0.15, -0.1) is 0 Å². The summed E-state index contributed by atoms with van der Waals surface area (Å²) in [6.45, 7) is 0. The second-order valence-electron chi connectivity index (χ2n) is 4.68. The van der Waals surface area contributed by atoms with E-state index in [-0.39, 0.29) is 0 Å². The van der Waals surface area contributed by atoms with Gasteiger partial charge in [-0.05, 0) is 0 Å². The first-order chi connectivity index (χ1) is 8.87. The third kappa shape index (κ3) is 1.10. The second-order valence-corrected chi connectivity index (χ2v) is 4.68. The molecule has 124 valence electrons. The molecule has 21 heavy (non-hydrogen) atoms. The van der Waals surface area contributed by atoms with Gasteiger partial charge in [0.15, 0.2) is 5.92 Å². The quantitative estimate of drug-likeness (QED) is 0.579. The van der Waals surface area contributed by atoms with Crippen LogP contribution in [-0.2, 0) is 0 Å². The third-order valence-electron chi connectivity index (χ3n) is 3.64. The molecule has 0 radical (unpaired) electrons. The highest BCUT2D eigenvalue weighted by Gasteiger charge is 3.09. The van der Waals surface area contributed by atoms with Crippen LogP contribution >= 0.6 is 0 Å². The summed E-state index contributed by atoms with van der Waals surface area (Å²) in [5.41, 5.74) is -7.47. The maximum Gasteiger partial charge on any atom is 0.356 e. The standard InChI is InChI=1S/C8HF13/c9-2(10)1-3(11,12)7(18,19)5(15,6(2,16)17)8(20,21)4(1,13)14/h1H. The number of hydrogen-bond acceptors (Lipinski definition) is 0. The predicted molar refractivity (Wildman–Crippen MR) is 37.0 cm³/mol. The Morgan fingerprint density at radius 1 is 0.381 bits per heavy atom. The minimum Gasteiger partial charge on any atom is -0.223 e. The van der Waals surface area contributed by atoms with Crippen molar-refractivity contribution >= 4 is 0 Å². The molecule has 0 atom stereocenters. The summed E-state index contributed by atoms with van der Waals surface area (Å²) < 4.78 is 169. The van der Waals surface area contributed by atoms with E-state index in [4.69, 9.17) is 0 Å². The van der Waals surface area contributed by atoms with Gasteiger partial charge in [0, 0.05) is 0 Å². The van der Waals surface area contributed by atoms with E-state index in [1.54, 1.807) is 0 Å². The van der Waals surface area contributed by atoms with Gasteiger partial charge in [-0.3, -0.25) is 0 Å². The summed E-state index contributed by atoms with van der Waals surface area (Å²) in [5.74, 6) is -47.7. The fourth-order valence-electron chi connectivity index (χ4n) is 2.51. The molecule has 0 aliphatic heterocycles. The number of alkyl halides is 13. The van der Waals surface area contributed by atoms with Crippen LogP contribution in [0, 0.1) is 5.92 Å². The molecule has 0 unspecified atom stereocenters. The van der Waals surface area contributed by atoms with Gasteiger partial charge in [0.05, 0.1) is 0 Å². The van der Waals surface area contributed by atoms with Gasteiger partial charge in [-0.25, -0.2) is 4.39 Å². The Morgan fingerprint density at radius 3 is 0.762 bits per heavy atom. The molecule has 2 bridgehead atoms. The van der Waals surface area contributed by atoms with E-state index in [2.05, 4.69) is 0 Å². The zero-order chi connectivity index (χ0) is 17.1. The van der Waals surface area contributed by atoms with Crippen molar-refractivity contribution in [2.24, 2.45) is 5.92 Å². The van der Waals surface area contributed by atoms with Crippen LogP contribution in [0.5, 0.6) is 0 Å². The molecule has 3 aliphatic carbocycles. The molecule has 3 rings (SSSR count). The fourth-order valence-corrected chi connectivity index (χ4v) is 2.51. The van der Waals surface area contributed by atoms with Gasteiger partial charge >= 0.3 is 41.2 Å². The first kappa shape index (κ1) is 16.5. The third-order valence-corrected chi connectivity index (χ3v) is 3.64. The lowest BCUT2D eigenvalue weighted by Gasteiger charge is -2.62. The smallest absolute Gasteiger partial charge is 0.223 e. The lowest BCUT2D eigenvalue weighted by Crippen LogP contribution is -2.93. The largest absolute Gasteiger partial charge is 0.356 e. The van der Waals surface area contributed by atoms with E-state index in [9.17, 15) is 57.1 Å². The van der Waals surface area contributed by atoms with E-state index in [1.165, 1.54) is 0 Å². The zero-order valence-electron chi connectivity index (χ0n) is 8.99. The van der Waals surface area contributed by atoms with Crippen LogP contribution in [0.25, 0.3) is 0 Å². The Labute approximate surface area is 105 Å². The second kappa shape index (κ2) is 3.21. The van der Waals surface area contributed by atoms with Gasteiger partial charge in [-0.2, -0.15) is 52.7 Å². The van der Waals surface area contributed by atoms with Crippen molar-refractivity contribution in [3.63, 3.8) is 0 Å². The highest BCUT2D eigenvalue weighted by molar-refractivity contribution is 5.36. The SMILES string of the molecule is FC1(F)C2C(F)(F)C(F)(F)C(F)(C1(F)F)C(F)(F)C2(F)F. The van der Waals surface area contributed by atoms with Crippen LogP contribution in [-0.4, -0.2) is 41.2 Å². The van der Waals surface area contributed by atoms with Crippen molar-refractivity contribution in [1.82, 2.24) is 0 Å². The van der Waals surface area contributed by atoms with Crippen molar-refractivity contribution in [2.75, 3.05) is 0 Å². The minimum absolute atomic E-state index is 5.78. The number of hydrogen-bond donors (Lipinski definition) is 0. The van der Waals surface area contributed by atoms with E-state index in [0.717, 1.165) is 0 Å². The van der Waals surface area contributed by atoms with Crippen LogP contribution in [0.3, 0.4) is 0 Å².